The van der Waals surface area contributed by atoms with Gasteiger partial charge in [0, 0.05) is 6.54 Å². The van der Waals surface area contributed by atoms with E-state index >= 15 is 0 Å². The van der Waals surface area contributed by atoms with Gasteiger partial charge in [0.2, 0.25) is 5.91 Å². The van der Waals surface area contributed by atoms with E-state index in [0.29, 0.717) is 12.1 Å². The van der Waals surface area contributed by atoms with Gasteiger partial charge in [0.25, 0.3) is 0 Å². The van der Waals surface area contributed by atoms with Crippen LogP contribution >= 0.6 is 0 Å². The lowest BCUT2D eigenvalue weighted by atomic mass is 10.1. The number of phenols is 1. The second kappa shape index (κ2) is 6.19. The fourth-order valence-corrected chi connectivity index (χ4v) is 2.09. The lowest BCUT2D eigenvalue weighted by Crippen LogP contribution is -2.32. The quantitative estimate of drug-likeness (QED) is 0.929. The number of nitrogens with zero attached hydrogens (tertiary/aromatic N) is 1. The molecule has 0 aliphatic rings. The monoisotopic (exact) mass is 273 g/mol. The molecule has 4 heteroatoms. The Hall–Kier alpha value is -2.36. The Morgan fingerprint density at radius 3 is 2.60 bits per heavy atom. The molecule has 3 nitrogen and oxygen atoms in total. The Labute approximate surface area is 117 Å². The Morgan fingerprint density at radius 2 is 1.95 bits per heavy atom. The van der Waals surface area contributed by atoms with E-state index < -0.39 is 5.82 Å². The van der Waals surface area contributed by atoms with E-state index in [1.165, 1.54) is 17.0 Å². The van der Waals surface area contributed by atoms with Gasteiger partial charge in [0.05, 0.1) is 12.1 Å². The Bertz CT molecular complexity index is 613. The molecule has 0 aliphatic carbocycles. The number of hydrogen-bond donors (Lipinski definition) is 1. The molecule has 1 N–H and O–H groups in total. The minimum Gasteiger partial charge on any atom is -0.508 e. The van der Waals surface area contributed by atoms with Gasteiger partial charge < -0.3 is 10.0 Å². The molecule has 0 unspecified atom stereocenters. The molecule has 0 aromatic heterocycles. The lowest BCUT2D eigenvalue weighted by molar-refractivity contribution is -0.118. The summed E-state index contributed by atoms with van der Waals surface area (Å²) in [5.41, 5.74) is 0.977. The largest absolute Gasteiger partial charge is 0.508 e. The molecule has 0 saturated carbocycles. The minimum absolute atomic E-state index is 0.115. The normalized spacial score (nSPS) is 10.3. The third-order valence-corrected chi connectivity index (χ3v) is 3.03. The van der Waals surface area contributed by atoms with Gasteiger partial charge in [0.1, 0.15) is 11.6 Å². The van der Waals surface area contributed by atoms with Crippen molar-refractivity contribution in [3.63, 3.8) is 0 Å². The molecule has 2 aromatic rings. The van der Waals surface area contributed by atoms with Crippen LogP contribution in [0, 0.1) is 5.82 Å². The van der Waals surface area contributed by atoms with Gasteiger partial charge in [0.15, 0.2) is 0 Å². The van der Waals surface area contributed by atoms with Crippen LogP contribution < -0.4 is 4.90 Å². The first-order chi connectivity index (χ1) is 9.61. The molecule has 0 heterocycles. The minimum atomic E-state index is -0.418. The average molecular weight is 273 g/mol. The van der Waals surface area contributed by atoms with Crippen molar-refractivity contribution in [1.29, 1.82) is 0 Å². The number of phenolic OH excluding ortho intramolecular Hbond substituents is 1. The third-order valence-electron chi connectivity index (χ3n) is 3.03. The maximum Gasteiger partial charge on any atom is 0.231 e. The zero-order chi connectivity index (χ0) is 14.5. The van der Waals surface area contributed by atoms with Gasteiger partial charge in [-0.3, -0.25) is 4.79 Å². The molecule has 1 amide bonds. The van der Waals surface area contributed by atoms with Gasteiger partial charge in [-0.25, -0.2) is 4.39 Å². The highest BCUT2D eigenvalue weighted by atomic mass is 19.1. The summed E-state index contributed by atoms with van der Waals surface area (Å²) in [5.74, 6) is -0.508. The van der Waals surface area contributed by atoms with Crippen molar-refractivity contribution in [3.8, 4) is 5.75 Å². The van der Waals surface area contributed by atoms with E-state index in [-0.39, 0.29) is 23.8 Å². The molecule has 0 spiro atoms. The van der Waals surface area contributed by atoms with Crippen molar-refractivity contribution in [2.24, 2.45) is 0 Å². The van der Waals surface area contributed by atoms with Crippen LogP contribution in [-0.4, -0.2) is 17.6 Å². The van der Waals surface area contributed by atoms with E-state index in [0.717, 1.165) is 0 Å². The van der Waals surface area contributed by atoms with Crippen molar-refractivity contribution in [2.45, 2.75) is 13.3 Å². The summed E-state index contributed by atoms with van der Waals surface area (Å²) in [6, 6.07) is 12.7. The lowest BCUT2D eigenvalue weighted by Gasteiger charge is -2.21. The first kappa shape index (κ1) is 14.1. The molecule has 0 atom stereocenters. The molecule has 2 aromatic carbocycles. The van der Waals surface area contributed by atoms with Crippen molar-refractivity contribution >= 4 is 11.6 Å². The highest BCUT2D eigenvalue weighted by Gasteiger charge is 2.17. The van der Waals surface area contributed by atoms with Gasteiger partial charge in [-0.05, 0) is 36.8 Å². The van der Waals surface area contributed by atoms with E-state index in [4.69, 9.17) is 0 Å². The number of aromatic hydroxyl groups is 1. The molecule has 0 fully saturated rings. The number of rotatable bonds is 4. The average Bonchev–Trinajstić information content (AvgIpc) is 2.41. The van der Waals surface area contributed by atoms with Crippen LogP contribution in [0.1, 0.15) is 12.5 Å². The van der Waals surface area contributed by atoms with Gasteiger partial charge in [-0.1, -0.05) is 24.3 Å². The van der Waals surface area contributed by atoms with Crippen LogP contribution in [-0.2, 0) is 11.2 Å². The van der Waals surface area contributed by atoms with Crippen molar-refractivity contribution in [1.82, 2.24) is 0 Å². The van der Waals surface area contributed by atoms with E-state index in [1.54, 1.807) is 43.3 Å². The fourth-order valence-electron chi connectivity index (χ4n) is 2.09. The molecule has 20 heavy (non-hydrogen) atoms. The second-order valence-electron chi connectivity index (χ2n) is 4.44. The SMILES string of the molecule is CCN(C(=O)Cc1cccc(O)c1)c1ccccc1F. The number of likely N-dealkylation sites (N-methyl/N-ethyl adjacent to an activating group) is 1. The summed E-state index contributed by atoms with van der Waals surface area (Å²) in [6.07, 6.45) is 0.122. The smallest absolute Gasteiger partial charge is 0.231 e. The van der Waals surface area contributed by atoms with Gasteiger partial charge in [-0.2, -0.15) is 0 Å². The van der Waals surface area contributed by atoms with Crippen LogP contribution in [0.15, 0.2) is 48.5 Å². The molecule has 0 radical (unpaired) electrons. The molecule has 0 aliphatic heterocycles. The number of hydrogen-bond acceptors (Lipinski definition) is 2. The molecule has 2 rings (SSSR count). The van der Waals surface area contributed by atoms with Crippen molar-refractivity contribution < 1.29 is 14.3 Å². The number of halogens is 1. The van der Waals surface area contributed by atoms with Crippen LogP contribution in [0.2, 0.25) is 0 Å². The number of carbonyl (C=O) groups is 1. The van der Waals surface area contributed by atoms with Gasteiger partial charge in [-0.15, -0.1) is 0 Å². The number of amides is 1. The van der Waals surface area contributed by atoms with Crippen LogP contribution in [0.25, 0.3) is 0 Å². The Balaban J connectivity index is 2.20. The zero-order valence-electron chi connectivity index (χ0n) is 11.2. The summed E-state index contributed by atoms with van der Waals surface area (Å²) in [7, 11) is 0. The fraction of sp³-hybridized carbons (Fsp3) is 0.188. The molecular formula is C16H16FNO2. The highest BCUT2D eigenvalue weighted by molar-refractivity contribution is 5.94. The third kappa shape index (κ3) is 3.15. The molecule has 0 bridgehead atoms. The van der Waals surface area contributed by atoms with Crippen LogP contribution in [0.3, 0.4) is 0 Å². The molecular weight excluding hydrogens is 257 g/mol. The molecule has 104 valence electrons. The zero-order valence-corrected chi connectivity index (χ0v) is 11.2. The Kier molecular flexibility index (Phi) is 4.35. The number of para-hydroxylation sites is 1. The summed E-state index contributed by atoms with van der Waals surface area (Å²) >= 11 is 0. The number of benzene rings is 2. The standard InChI is InChI=1S/C16H16FNO2/c1-2-18(15-9-4-3-8-14(15)17)16(20)11-12-6-5-7-13(19)10-12/h3-10,19H,2,11H2,1H3. The maximum absolute atomic E-state index is 13.8. The van der Waals surface area contributed by atoms with E-state index in [9.17, 15) is 14.3 Å². The van der Waals surface area contributed by atoms with Crippen molar-refractivity contribution in [3.05, 3.63) is 59.9 Å². The maximum atomic E-state index is 13.8. The predicted molar refractivity (Wildman–Crippen MR) is 76.2 cm³/mol. The van der Waals surface area contributed by atoms with E-state index in [1.807, 2.05) is 0 Å². The second-order valence-corrected chi connectivity index (χ2v) is 4.44. The molecule has 0 saturated heterocycles. The first-order valence-corrected chi connectivity index (χ1v) is 6.44. The topological polar surface area (TPSA) is 40.5 Å². The van der Waals surface area contributed by atoms with Crippen LogP contribution in [0.5, 0.6) is 5.75 Å². The van der Waals surface area contributed by atoms with Gasteiger partial charge >= 0.3 is 0 Å². The summed E-state index contributed by atoms with van der Waals surface area (Å²) in [6.45, 7) is 2.19. The van der Waals surface area contributed by atoms with Crippen molar-refractivity contribution in [2.75, 3.05) is 11.4 Å². The Morgan fingerprint density at radius 1 is 1.20 bits per heavy atom. The number of carbonyl (C=O) groups excluding carboxylic acids is 1. The summed E-state index contributed by atoms with van der Waals surface area (Å²) in [4.78, 5) is 13.7. The first-order valence-electron chi connectivity index (χ1n) is 6.44. The number of anilines is 1. The highest BCUT2D eigenvalue weighted by Crippen LogP contribution is 2.20. The predicted octanol–water partition coefficient (Wildman–Crippen LogP) is 3.13. The summed E-state index contributed by atoms with van der Waals surface area (Å²) < 4.78 is 13.8. The van der Waals surface area contributed by atoms with Crippen LogP contribution in [0.4, 0.5) is 10.1 Å². The van der Waals surface area contributed by atoms with E-state index in [2.05, 4.69) is 0 Å². The summed E-state index contributed by atoms with van der Waals surface area (Å²) in [5, 5.41) is 9.40.